The molecule has 4 heteroatoms. The lowest BCUT2D eigenvalue weighted by Gasteiger charge is -2.28. The van der Waals surface area contributed by atoms with Crippen molar-refractivity contribution in [1.82, 2.24) is 10.2 Å². The van der Waals surface area contributed by atoms with E-state index in [4.69, 9.17) is 0 Å². The van der Waals surface area contributed by atoms with Crippen LogP contribution in [0, 0.1) is 0 Å². The molecule has 1 saturated heterocycles. The normalized spacial score (nSPS) is 21.9. The summed E-state index contributed by atoms with van der Waals surface area (Å²) in [4.78, 5) is 13.9. The average molecular weight is 228 g/mol. The first-order valence-electron chi connectivity index (χ1n) is 6.34. The number of amides is 1. The van der Waals surface area contributed by atoms with E-state index in [0.29, 0.717) is 6.42 Å². The summed E-state index contributed by atoms with van der Waals surface area (Å²) in [5.41, 5.74) is 0. The van der Waals surface area contributed by atoms with Gasteiger partial charge >= 0.3 is 0 Å². The maximum Gasteiger partial charge on any atom is 0.222 e. The molecule has 1 rings (SSSR count). The molecule has 0 bridgehead atoms. The molecule has 0 aliphatic carbocycles. The molecule has 94 valence electrons. The number of hydrogen-bond donors (Lipinski definition) is 2. The molecular weight excluding hydrogens is 204 g/mol. The summed E-state index contributed by atoms with van der Waals surface area (Å²) in [5, 5.41) is 12.3. The number of likely N-dealkylation sites (tertiary alicyclic amines) is 1. The minimum atomic E-state index is 0.0598. The molecule has 0 radical (unpaired) electrons. The second-order valence-electron chi connectivity index (χ2n) is 4.48. The molecule has 1 aliphatic rings. The first-order chi connectivity index (χ1) is 7.79. The fourth-order valence-corrected chi connectivity index (χ4v) is 2.26. The first kappa shape index (κ1) is 13.5. The van der Waals surface area contributed by atoms with E-state index >= 15 is 0 Å². The van der Waals surface area contributed by atoms with Crippen LogP contribution in [-0.4, -0.2) is 48.7 Å². The van der Waals surface area contributed by atoms with E-state index in [-0.39, 0.29) is 18.6 Å². The predicted octanol–water partition coefficient (Wildman–Crippen LogP) is 0.749. The van der Waals surface area contributed by atoms with Gasteiger partial charge < -0.3 is 15.3 Å². The van der Waals surface area contributed by atoms with Crippen molar-refractivity contribution in [3.05, 3.63) is 0 Å². The number of nitrogens with zero attached hydrogens (tertiary/aromatic N) is 1. The van der Waals surface area contributed by atoms with Gasteiger partial charge in [-0.05, 0) is 32.9 Å². The molecule has 1 atom stereocenters. The molecule has 0 aromatic heterocycles. The summed E-state index contributed by atoms with van der Waals surface area (Å²) in [7, 11) is 1.90. The Balaban J connectivity index is 2.42. The lowest BCUT2D eigenvalue weighted by molar-refractivity contribution is -0.134. The highest BCUT2D eigenvalue weighted by Crippen LogP contribution is 2.17. The van der Waals surface area contributed by atoms with Crippen molar-refractivity contribution in [2.24, 2.45) is 0 Å². The molecule has 4 nitrogen and oxygen atoms in total. The molecule has 1 unspecified atom stereocenters. The summed E-state index contributed by atoms with van der Waals surface area (Å²) in [5.74, 6) is 0.205. The van der Waals surface area contributed by atoms with Gasteiger partial charge in [-0.25, -0.2) is 0 Å². The van der Waals surface area contributed by atoms with Gasteiger partial charge in [-0.3, -0.25) is 4.79 Å². The van der Waals surface area contributed by atoms with E-state index in [9.17, 15) is 9.90 Å². The number of hydrogen-bond acceptors (Lipinski definition) is 3. The van der Waals surface area contributed by atoms with Crippen molar-refractivity contribution in [3.63, 3.8) is 0 Å². The summed E-state index contributed by atoms with van der Waals surface area (Å²) in [6, 6.07) is 0.0598. The molecule has 1 fully saturated rings. The lowest BCUT2D eigenvalue weighted by Crippen LogP contribution is -2.42. The van der Waals surface area contributed by atoms with Crippen molar-refractivity contribution in [2.75, 3.05) is 26.7 Å². The maximum absolute atomic E-state index is 12.0. The van der Waals surface area contributed by atoms with Crippen molar-refractivity contribution < 1.29 is 9.90 Å². The standard InChI is InChI=1S/C12H24N2O2/c1-13-8-5-7-12(16)14-9-4-2-3-6-11(14)10-15/h11,13,15H,2-10H2,1H3. The van der Waals surface area contributed by atoms with Gasteiger partial charge in [-0.1, -0.05) is 12.8 Å². The zero-order chi connectivity index (χ0) is 11.8. The molecule has 2 N–H and O–H groups in total. The zero-order valence-electron chi connectivity index (χ0n) is 10.2. The van der Waals surface area contributed by atoms with E-state index in [1.807, 2.05) is 11.9 Å². The Morgan fingerprint density at radius 1 is 1.44 bits per heavy atom. The second kappa shape index (κ2) is 7.63. The number of aliphatic hydroxyl groups excluding tert-OH is 1. The van der Waals surface area contributed by atoms with Gasteiger partial charge in [-0.15, -0.1) is 0 Å². The molecule has 0 aromatic carbocycles. The molecule has 1 heterocycles. The number of rotatable bonds is 5. The monoisotopic (exact) mass is 228 g/mol. The Bertz CT molecular complexity index is 209. The van der Waals surface area contributed by atoms with Gasteiger partial charge in [0.1, 0.15) is 0 Å². The Hall–Kier alpha value is -0.610. The van der Waals surface area contributed by atoms with E-state index in [1.165, 1.54) is 6.42 Å². The Labute approximate surface area is 98.0 Å². The third-order valence-corrected chi connectivity index (χ3v) is 3.23. The first-order valence-corrected chi connectivity index (χ1v) is 6.34. The Morgan fingerprint density at radius 2 is 2.25 bits per heavy atom. The Kier molecular flexibility index (Phi) is 6.42. The second-order valence-corrected chi connectivity index (χ2v) is 4.48. The molecule has 0 saturated carbocycles. The quantitative estimate of drug-likeness (QED) is 0.683. The topological polar surface area (TPSA) is 52.6 Å². The van der Waals surface area contributed by atoms with Gasteiger partial charge in [0.15, 0.2) is 0 Å². The van der Waals surface area contributed by atoms with Crippen molar-refractivity contribution in [3.8, 4) is 0 Å². The van der Waals surface area contributed by atoms with E-state index < -0.39 is 0 Å². The van der Waals surface area contributed by atoms with Crippen LogP contribution in [0.1, 0.15) is 38.5 Å². The smallest absolute Gasteiger partial charge is 0.222 e. The largest absolute Gasteiger partial charge is 0.394 e. The van der Waals surface area contributed by atoms with Crippen LogP contribution in [0.15, 0.2) is 0 Å². The number of carbonyl (C=O) groups is 1. The van der Waals surface area contributed by atoms with Gasteiger partial charge in [-0.2, -0.15) is 0 Å². The third-order valence-electron chi connectivity index (χ3n) is 3.23. The van der Waals surface area contributed by atoms with Crippen LogP contribution >= 0.6 is 0 Å². The van der Waals surface area contributed by atoms with Crippen LogP contribution in [0.2, 0.25) is 0 Å². The van der Waals surface area contributed by atoms with Crippen LogP contribution in [0.4, 0.5) is 0 Å². The van der Waals surface area contributed by atoms with Crippen LogP contribution in [0.25, 0.3) is 0 Å². The summed E-state index contributed by atoms with van der Waals surface area (Å²) >= 11 is 0. The highest BCUT2D eigenvalue weighted by atomic mass is 16.3. The SMILES string of the molecule is CNCCCC(=O)N1CCCCCC1CO. The highest BCUT2D eigenvalue weighted by molar-refractivity contribution is 5.76. The number of carbonyl (C=O) groups excluding carboxylic acids is 1. The van der Waals surface area contributed by atoms with Crippen LogP contribution in [0.5, 0.6) is 0 Å². The third kappa shape index (κ3) is 4.10. The average Bonchev–Trinajstić information content (AvgIpc) is 2.54. The summed E-state index contributed by atoms with van der Waals surface area (Å²) in [6.45, 7) is 1.81. The predicted molar refractivity (Wildman–Crippen MR) is 64.2 cm³/mol. The van der Waals surface area contributed by atoms with E-state index in [0.717, 1.165) is 38.8 Å². The minimum absolute atomic E-state index is 0.0598. The minimum Gasteiger partial charge on any atom is -0.394 e. The van der Waals surface area contributed by atoms with Crippen LogP contribution in [0.3, 0.4) is 0 Å². The molecule has 0 aromatic rings. The fraction of sp³-hybridized carbons (Fsp3) is 0.917. The zero-order valence-corrected chi connectivity index (χ0v) is 10.2. The summed E-state index contributed by atoms with van der Waals surface area (Å²) < 4.78 is 0. The Morgan fingerprint density at radius 3 is 2.94 bits per heavy atom. The molecular formula is C12H24N2O2. The lowest BCUT2D eigenvalue weighted by atomic mass is 10.1. The molecule has 1 aliphatic heterocycles. The molecule has 1 amide bonds. The van der Waals surface area contributed by atoms with Gasteiger partial charge in [0.05, 0.1) is 12.6 Å². The fourth-order valence-electron chi connectivity index (χ4n) is 2.26. The number of nitrogens with one attached hydrogen (secondary N) is 1. The van der Waals surface area contributed by atoms with Crippen LogP contribution < -0.4 is 5.32 Å². The molecule has 0 spiro atoms. The van der Waals surface area contributed by atoms with Gasteiger partial charge in [0.25, 0.3) is 0 Å². The van der Waals surface area contributed by atoms with Gasteiger partial charge in [0.2, 0.25) is 5.91 Å². The number of aliphatic hydroxyl groups is 1. The van der Waals surface area contributed by atoms with Crippen molar-refractivity contribution >= 4 is 5.91 Å². The summed E-state index contributed by atoms with van der Waals surface area (Å²) in [6.07, 6.45) is 5.81. The molecule has 16 heavy (non-hydrogen) atoms. The van der Waals surface area contributed by atoms with Gasteiger partial charge in [0, 0.05) is 13.0 Å². The van der Waals surface area contributed by atoms with E-state index in [1.54, 1.807) is 0 Å². The van der Waals surface area contributed by atoms with Crippen molar-refractivity contribution in [1.29, 1.82) is 0 Å². The highest BCUT2D eigenvalue weighted by Gasteiger charge is 2.23. The van der Waals surface area contributed by atoms with Crippen molar-refractivity contribution in [2.45, 2.75) is 44.6 Å². The van der Waals surface area contributed by atoms with E-state index in [2.05, 4.69) is 5.32 Å². The maximum atomic E-state index is 12.0. The van der Waals surface area contributed by atoms with Crippen LogP contribution in [-0.2, 0) is 4.79 Å².